The number of carbonyl (C=O) groups is 2. The minimum atomic E-state index is -0.529. The van der Waals surface area contributed by atoms with Crippen molar-refractivity contribution in [3.05, 3.63) is 12.2 Å². The molecule has 0 aromatic rings. The van der Waals surface area contributed by atoms with Crippen LogP contribution in [0.5, 0.6) is 0 Å². The molecule has 0 saturated carbocycles. The number of carbonyl (C=O) groups excluding carboxylic acids is 2. The molecular weight excluding hydrogens is 220 g/mol. The number of hydrogen-bond acceptors (Lipinski definition) is 4. The van der Waals surface area contributed by atoms with Crippen molar-refractivity contribution in [1.29, 1.82) is 0 Å². The average Bonchev–Trinajstić information content (AvgIpc) is 2.25. The molecule has 1 rings (SSSR count). The summed E-state index contributed by atoms with van der Waals surface area (Å²) in [5, 5.41) is 0. The Bertz CT molecular complexity index is 325. The van der Waals surface area contributed by atoms with Crippen LogP contribution in [0.3, 0.4) is 0 Å². The van der Waals surface area contributed by atoms with E-state index in [9.17, 15) is 9.59 Å². The van der Waals surface area contributed by atoms with Crippen LogP contribution in [0.1, 0.15) is 33.6 Å². The Morgan fingerprint density at radius 1 is 1.06 bits per heavy atom. The smallest absolute Gasteiger partial charge is 0.310 e. The van der Waals surface area contributed by atoms with Gasteiger partial charge in [-0.3, -0.25) is 9.59 Å². The normalized spacial score (nSPS) is 24.2. The zero-order valence-corrected chi connectivity index (χ0v) is 10.9. The van der Waals surface area contributed by atoms with Crippen molar-refractivity contribution in [2.24, 2.45) is 11.8 Å². The van der Waals surface area contributed by atoms with E-state index in [4.69, 9.17) is 9.47 Å². The number of hydrogen-bond donors (Lipinski definition) is 0. The molecule has 96 valence electrons. The van der Waals surface area contributed by atoms with E-state index < -0.39 is 17.4 Å². The van der Waals surface area contributed by atoms with Gasteiger partial charge in [-0.2, -0.15) is 0 Å². The SMILES string of the molecule is COC(=O)[C@@H]1CC=CC[C@H]1C(=O)OC(C)(C)C. The van der Waals surface area contributed by atoms with Gasteiger partial charge in [0.2, 0.25) is 0 Å². The molecule has 4 heteroatoms. The van der Waals surface area contributed by atoms with Gasteiger partial charge in [0.15, 0.2) is 0 Å². The Morgan fingerprint density at radius 3 is 1.94 bits per heavy atom. The number of allylic oxidation sites excluding steroid dienone is 2. The summed E-state index contributed by atoms with van der Waals surface area (Å²) in [5.74, 6) is -1.51. The van der Waals surface area contributed by atoms with Crippen molar-refractivity contribution in [2.45, 2.75) is 39.2 Å². The highest BCUT2D eigenvalue weighted by molar-refractivity contribution is 5.82. The number of ether oxygens (including phenoxy) is 2. The van der Waals surface area contributed by atoms with Crippen molar-refractivity contribution in [3.63, 3.8) is 0 Å². The van der Waals surface area contributed by atoms with Crippen molar-refractivity contribution >= 4 is 11.9 Å². The Labute approximate surface area is 102 Å². The Balaban J connectivity index is 2.76. The molecular formula is C13H20O4. The minimum Gasteiger partial charge on any atom is -0.469 e. The number of esters is 2. The van der Waals surface area contributed by atoms with Gasteiger partial charge in [-0.05, 0) is 33.6 Å². The molecule has 4 nitrogen and oxygen atoms in total. The Morgan fingerprint density at radius 2 is 1.53 bits per heavy atom. The summed E-state index contributed by atoms with van der Waals surface area (Å²) >= 11 is 0. The molecule has 0 N–H and O–H groups in total. The third-order valence-corrected chi connectivity index (χ3v) is 2.65. The second-order valence-electron chi connectivity index (χ2n) is 5.21. The first-order valence-electron chi connectivity index (χ1n) is 5.81. The molecule has 0 fully saturated rings. The maximum absolute atomic E-state index is 12.0. The van der Waals surface area contributed by atoms with Crippen LogP contribution in [-0.2, 0) is 19.1 Å². The minimum absolute atomic E-state index is 0.322. The molecule has 1 aliphatic rings. The maximum Gasteiger partial charge on any atom is 0.310 e. The van der Waals surface area contributed by atoms with E-state index in [1.807, 2.05) is 32.9 Å². The Hall–Kier alpha value is -1.32. The summed E-state index contributed by atoms with van der Waals surface area (Å²) in [7, 11) is 1.34. The van der Waals surface area contributed by atoms with Gasteiger partial charge in [0.05, 0.1) is 18.9 Å². The van der Waals surface area contributed by atoms with Gasteiger partial charge in [-0.25, -0.2) is 0 Å². The lowest BCUT2D eigenvalue weighted by Crippen LogP contribution is -2.36. The molecule has 0 unspecified atom stereocenters. The second-order valence-corrected chi connectivity index (χ2v) is 5.21. The fourth-order valence-corrected chi connectivity index (χ4v) is 1.86. The molecule has 0 aromatic carbocycles. The molecule has 0 bridgehead atoms. The largest absolute Gasteiger partial charge is 0.469 e. The highest BCUT2D eigenvalue weighted by atomic mass is 16.6. The predicted molar refractivity (Wildman–Crippen MR) is 63.2 cm³/mol. The van der Waals surface area contributed by atoms with Crippen LogP contribution < -0.4 is 0 Å². The topological polar surface area (TPSA) is 52.6 Å². The monoisotopic (exact) mass is 240 g/mol. The summed E-state index contributed by atoms with van der Waals surface area (Å²) in [6.45, 7) is 5.45. The lowest BCUT2D eigenvalue weighted by molar-refractivity contribution is -0.167. The van der Waals surface area contributed by atoms with Crippen molar-refractivity contribution < 1.29 is 19.1 Å². The van der Waals surface area contributed by atoms with Crippen LogP contribution >= 0.6 is 0 Å². The molecule has 1 aliphatic carbocycles. The van der Waals surface area contributed by atoms with Crippen LogP contribution in [0.4, 0.5) is 0 Å². The molecule has 0 radical (unpaired) electrons. The van der Waals surface area contributed by atoms with Crippen LogP contribution in [0, 0.1) is 11.8 Å². The van der Waals surface area contributed by atoms with E-state index in [0.717, 1.165) is 0 Å². The molecule has 0 aliphatic heterocycles. The third-order valence-electron chi connectivity index (χ3n) is 2.65. The van der Waals surface area contributed by atoms with E-state index in [1.165, 1.54) is 7.11 Å². The molecule has 17 heavy (non-hydrogen) atoms. The molecule has 0 heterocycles. The van der Waals surface area contributed by atoms with Crippen LogP contribution in [-0.4, -0.2) is 24.6 Å². The van der Waals surface area contributed by atoms with Crippen LogP contribution in [0.2, 0.25) is 0 Å². The summed E-state index contributed by atoms with van der Waals surface area (Å²) in [6, 6.07) is 0. The first-order chi connectivity index (χ1) is 7.85. The lowest BCUT2D eigenvalue weighted by Gasteiger charge is -2.28. The molecule has 0 aromatic heterocycles. The zero-order valence-electron chi connectivity index (χ0n) is 10.9. The van der Waals surface area contributed by atoms with Crippen LogP contribution in [0.15, 0.2) is 12.2 Å². The van der Waals surface area contributed by atoms with Gasteiger partial charge in [0.1, 0.15) is 5.60 Å². The lowest BCUT2D eigenvalue weighted by atomic mass is 9.83. The predicted octanol–water partition coefficient (Wildman–Crippen LogP) is 2.08. The van der Waals surface area contributed by atoms with Crippen molar-refractivity contribution in [2.75, 3.05) is 7.11 Å². The van der Waals surface area contributed by atoms with E-state index in [1.54, 1.807) is 0 Å². The summed E-state index contributed by atoms with van der Waals surface area (Å²) in [5.41, 5.74) is -0.529. The Kier molecular flexibility index (Phi) is 4.32. The zero-order chi connectivity index (χ0) is 13.1. The van der Waals surface area contributed by atoms with E-state index in [2.05, 4.69) is 0 Å². The summed E-state index contributed by atoms with van der Waals surface area (Å²) in [6.07, 6.45) is 4.89. The van der Waals surface area contributed by atoms with Gasteiger partial charge >= 0.3 is 11.9 Å². The fourth-order valence-electron chi connectivity index (χ4n) is 1.86. The highest BCUT2D eigenvalue weighted by Gasteiger charge is 2.37. The quantitative estimate of drug-likeness (QED) is 0.548. The van der Waals surface area contributed by atoms with E-state index in [-0.39, 0.29) is 11.9 Å². The maximum atomic E-state index is 12.0. The van der Waals surface area contributed by atoms with Crippen molar-refractivity contribution in [1.82, 2.24) is 0 Å². The standard InChI is InChI=1S/C13H20O4/c1-13(2,3)17-12(15)10-8-6-5-7-9(10)11(14)16-4/h5-6,9-10H,7-8H2,1-4H3/t9-,10-/m1/s1. The summed E-state index contributed by atoms with van der Waals surface area (Å²) < 4.78 is 10.0. The van der Waals surface area contributed by atoms with Gasteiger partial charge in [0, 0.05) is 0 Å². The average molecular weight is 240 g/mol. The number of rotatable bonds is 2. The first kappa shape index (κ1) is 13.7. The first-order valence-corrected chi connectivity index (χ1v) is 5.81. The van der Waals surface area contributed by atoms with Gasteiger partial charge in [0.25, 0.3) is 0 Å². The molecule has 0 spiro atoms. The highest BCUT2D eigenvalue weighted by Crippen LogP contribution is 2.29. The molecule has 0 amide bonds. The molecule has 2 atom stereocenters. The van der Waals surface area contributed by atoms with Crippen LogP contribution in [0.25, 0.3) is 0 Å². The van der Waals surface area contributed by atoms with Crippen molar-refractivity contribution in [3.8, 4) is 0 Å². The fraction of sp³-hybridized carbons (Fsp3) is 0.692. The summed E-state index contributed by atoms with van der Waals surface area (Å²) in [4.78, 5) is 23.6. The van der Waals surface area contributed by atoms with E-state index in [0.29, 0.717) is 12.8 Å². The second kappa shape index (κ2) is 5.34. The third kappa shape index (κ3) is 3.88. The van der Waals surface area contributed by atoms with Gasteiger partial charge in [-0.15, -0.1) is 0 Å². The molecule has 0 saturated heterocycles. The van der Waals surface area contributed by atoms with Gasteiger partial charge < -0.3 is 9.47 Å². The van der Waals surface area contributed by atoms with Gasteiger partial charge in [-0.1, -0.05) is 12.2 Å². The van der Waals surface area contributed by atoms with E-state index >= 15 is 0 Å². The number of methoxy groups -OCH3 is 1.